The van der Waals surface area contributed by atoms with Gasteiger partial charge in [-0.2, -0.15) is 0 Å². The van der Waals surface area contributed by atoms with Gasteiger partial charge in [0, 0.05) is 13.1 Å². The van der Waals surface area contributed by atoms with Gasteiger partial charge in [-0.15, -0.1) is 0 Å². The predicted octanol–water partition coefficient (Wildman–Crippen LogP) is 5.35. The number of benzene rings is 3. The maximum absolute atomic E-state index is 14.2. The van der Waals surface area contributed by atoms with Crippen LogP contribution in [-0.4, -0.2) is 70.8 Å². The number of nitrogens with zero attached hydrogens (tertiary/aromatic N) is 4. The van der Waals surface area contributed by atoms with Crippen LogP contribution < -0.4 is 14.5 Å². The Morgan fingerprint density at radius 3 is 2.10 bits per heavy atom. The Balaban J connectivity index is 1.28. The van der Waals surface area contributed by atoms with Gasteiger partial charge in [-0.05, 0) is 55.7 Å². The van der Waals surface area contributed by atoms with Crippen molar-refractivity contribution in [1.82, 2.24) is 9.80 Å². The van der Waals surface area contributed by atoms with Crippen molar-refractivity contribution >= 4 is 35.1 Å². The quantitative estimate of drug-likeness (QED) is 0.484. The first-order chi connectivity index (χ1) is 19.5. The first-order valence-corrected chi connectivity index (χ1v) is 13.8. The maximum atomic E-state index is 14.2. The molecule has 206 valence electrons. The van der Waals surface area contributed by atoms with Gasteiger partial charge in [0.25, 0.3) is 0 Å². The molecule has 9 heteroatoms. The number of hydrogen-bond donors (Lipinski definition) is 1. The summed E-state index contributed by atoms with van der Waals surface area (Å²) < 4.78 is 6.25. The first-order valence-electron chi connectivity index (χ1n) is 13.8. The fraction of sp³-hybridized carbons (Fsp3) is 0.323. The topological polar surface area (TPSA) is 93.6 Å². The lowest BCUT2D eigenvalue weighted by atomic mass is 9.89. The Bertz CT molecular complexity index is 1350. The average molecular weight is 541 g/mol. The van der Waals surface area contributed by atoms with Crippen LogP contribution in [0.4, 0.5) is 26.7 Å². The number of carbonyl (C=O) groups is 3. The minimum absolute atomic E-state index is 0.107. The summed E-state index contributed by atoms with van der Waals surface area (Å²) in [5.41, 5.74) is 2.02. The molecular formula is C31H32N4O5. The molecule has 2 fully saturated rings. The molecule has 1 saturated carbocycles. The van der Waals surface area contributed by atoms with Gasteiger partial charge in [-0.3, -0.25) is 9.80 Å². The highest BCUT2D eigenvalue weighted by molar-refractivity contribution is 6.01. The number of amides is 4. The number of para-hydroxylation sites is 4. The molecular weight excluding hydrogens is 508 g/mol. The Hall–Kier alpha value is -4.53. The van der Waals surface area contributed by atoms with E-state index in [1.165, 1.54) is 9.80 Å². The highest BCUT2D eigenvalue weighted by Crippen LogP contribution is 2.41. The van der Waals surface area contributed by atoms with E-state index in [-0.39, 0.29) is 43.8 Å². The van der Waals surface area contributed by atoms with Crippen molar-refractivity contribution in [2.75, 3.05) is 29.4 Å². The van der Waals surface area contributed by atoms with E-state index in [1.54, 1.807) is 9.80 Å². The smallest absolute Gasteiger partial charge is 0.329 e. The Morgan fingerprint density at radius 2 is 1.43 bits per heavy atom. The summed E-state index contributed by atoms with van der Waals surface area (Å²) in [7, 11) is 0. The lowest BCUT2D eigenvalue weighted by Gasteiger charge is -2.48. The summed E-state index contributed by atoms with van der Waals surface area (Å²) in [5, 5.41) is 10.3. The van der Waals surface area contributed by atoms with E-state index in [2.05, 4.69) is 0 Å². The fourth-order valence-electron chi connectivity index (χ4n) is 6.05. The van der Waals surface area contributed by atoms with E-state index in [1.807, 2.05) is 84.9 Å². The van der Waals surface area contributed by atoms with E-state index >= 15 is 0 Å². The van der Waals surface area contributed by atoms with Crippen molar-refractivity contribution in [3.05, 3.63) is 84.9 Å². The zero-order valence-electron chi connectivity index (χ0n) is 22.1. The Morgan fingerprint density at radius 1 is 0.800 bits per heavy atom. The first kappa shape index (κ1) is 25.7. The fourth-order valence-corrected chi connectivity index (χ4v) is 6.05. The number of carboxylic acids is 1. The van der Waals surface area contributed by atoms with Crippen LogP contribution in [0.15, 0.2) is 84.9 Å². The molecule has 2 unspecified atom stereocenters. The van der Waals surface area contributed by atoms with Crippen LogP contribution in [0.25, 0.3) is 0 Å². The molecule has 1 aliphatic carbocycles. The molecule has 3 aromatic carbocycles. The third-order valence-electron chi connectivity index (χ3n) is 8.01. The molecule has 9 nitrogen and oxygen atoms in total. The zero-order chi connectivity index (χ0) is 27.6. The molecule has 40 heavy (non-hydrogen) atoms. The predicted molar refractivity (Wildman–Crippen MR) is 151 cm³/mol. The monoisotopic (exact) mass is 540 g/mol. The summed E-state index contributed by atoms with van der Waals surface area (Å²) in [4.78, 5) is 46.9. The van der Waals surface area contributed by atoms with Crippen molar-refractivity contribution in [3.63, 3.8) is 0 Å². The third-order valence-corrected chi connectivity index (χ3v) is 8.01. The van der Waals surface area contributed by atoms with E-state index in [4.69, 9.17) is 4.74 Å². The number of piperazine rings is 1. The third kappa shape index (κ3) is 4.72. The normalized spacial score (nSPS) is 22.0. The van der Waals surface area contributed by atoms with Crippen molar-refractivity contribution in [2.24, 2.45) is 0 Å². The Kier molecular flexibility index (Phi) is 7.02. The highest BCUT2D eigenvalue weighted by atomic mass is 16.5. The second-order valence-corrected chi connectivity index (χ2v) is 10.4. The summed E-state index contributed by atoms with van der Waals surface area (Å²) >= 11 is 0. The summed E-state index contributed by atoms with van der Waals surface area (Å²) in [5.74, 6) is -0.500. The van der Waals surface area contributed by atoms with E-state index in [0.29, 0.717) is 22.8 Å². The molecule has 0 bridgehead atoms. The summed E-state index contributed by atoms with van der Waals surface area (Å²) in [6.07, 6.45) is 3.54. The van der Waals surface area contributed by atoms with Crippen LogP contribution in [0.1, 0.15) is 25.7 Å². The standard InChI is InChI=1S/C31H32N4O5/c36-29(37)26-21-32(30(38)34(22-11-3-1-4-12-22)23-13-5-2-6-14-23)19-20-33(26)31(39)35-24-15-7-9-17-27(24)40-28-18-10-8-16-25(28)35/h1-7,9,11-15,17,25-26,28H,8,10,16,18-21H2,(H,36,37)/t25?,26-,28?/m0/s1. The van der Waals surface area contributed by atoms with E-state index in [0.717, 1.165) is 25.7 Å². The largest absolute Gasteiger partial charge is 0.486 e. The van der Waals surface area contributed by atoms with Crippen molar-refractivity contribution in [3.8, 4) is 5.75 Å². The number of rotatable bonds is 3. The van der Waals surface area contributed by atoms with Crippen LogP contribution in [0.2, 0.25) is 0 Å². The molecule has 3 aliphatic rings. The number of fused-ring (bicyclic) bond motifs is 2. The van der Waals surface area contributed by atoms with Gasteiger partial charge in [0.1, 0.15) is 17.9 Å². The van der Waals surface area contributed by atoms with E-state index < -0.39 is 12.0 Å². The molecule has 3 aromatic rings. The number of aliphatic carboxylic acids is 1. The van der Waals surface area contributed by atoms with Gasteiger partial charge in [-0.25, -0.2) is 14.4 Å². The van der Waals surface area contributed by atoms with Gasteiger partial charge < -0.3 is 19.6 Å². The van der Waals surface area contributed by atoms with E-state index in [9.17, 15) is 19.5 Å². The lowest BCUT2D eigenvalue weighted by molar-refractivity contribution is -0.143. The van der Waals surface area contributed by atoms with Crippen molar-refractivity contribution < 1.29 is 24.2 Å². The minimum atomic E-state index is -1.18. The zero-order valence-corrected chi connectivity index (χ0v) is 22.1. The molecule has 1 saturated heterocycles. The second kappa shape index (κ2) is 10.9. The number of carboxylic acid groups (broad SMARTS) is 1. The number of carbonyl (C=O) groups excluding carboxylic acids is 2. The molecule has 0 aromatic heterocycles. The van der Waals surface area contributed by atoms with Crippen molar-refractivity contribution in [1.29, 1.82) is 0 Å². The summed E-state index contributed by atoms with van der Waals surface area (Å²) in [6.45, 7) is 0.205. The molecule has 0 radical (unpaired) electrons. The van der Waals surface area contributed by atoms with Crippen LogP contribution >= 0.6 is 0 Å². The van der Waals surface area contributed by atoms with Crippen LogP contribution in [0.5, 0.6) is 5.75 Å². The lowest BCUT2D eigenvalue weighted by Crippen LogP contribution is -2.65. The number of hydrogen-bond acceptors (Lipinski definition) is 4. The second-order valence-electron chi connectivity index (χ2n) is 10.4. The summed E-state index contributed by atoms with van der Waals surface area (Å²) in [6, 6.07) is 24.0. The van der Waals surface area contributed by atoms with Gasteiger partial charge in [0.2, 0.25) is 0 Å². The van der Waals surface area contributed by atoms with Gasteiger partial charge in [0.15, 0.2) is 0 Å². The van der Waals surface area contributed by atoms with Crippen LogP contribution in [0, 0.1) is 0 Å². The molecule has 0 spiro atoms. The molecule has 2 heterocycles. The van der Waals surface area contributed by atoms with Gasteiger partial charge in [0.05, 0.1) is 29.6 Å². The van der Waals surface area contributed by atoms with Gasteiger partial charge in [-0.1, -0.05) is 55.0 Å². The minimum Gasteiger partial charge on any atom is -0.486 e. The number of urea groups is 2. The molecule has 4 amide bonds. The maximum Gasteiger partial charge on any atom is 0.329 e. The Labute approximate surface area is 233 Å². The molecule has 6 rings (SSSR count). The average Bonchev–Trinajstić information content (AvgIpc) is 3.00. The molecule has 2 aliphatic heterocycles. The van der Waals surface area contributed by atoms with Crippen LogP contribution in [-0.2, 0) is 4.79 Å². The van der Waals surface area contributed by atoms with Crippen molar-refractivity contribution in [2.45, 2.75) is 43.9 Å². The molecule has 3 atom stereocenters. The SMILES string of the molecule is O=C(O)[C@@H]1CN(C(=O)N(c2ccccc2)c2ccccc2)CCN1C(=O)N1c2ccccc2OC2CCCCC21. The van der Waals surface area contributed by atoms with Crippen LogP contribution in [0.3, 0.4) is 0 Å². The highest BCUT2D eigenvalue weighted by Gasteiger charge is 2.46. The van der Waals surface area contributed by atoms with Gasteiger partial charge >= 0.3 is 18.0 Å². The number of ether oxygens (including phenoxy) is 1. The molecule has 1 N–H and O–H groups in total. The number of anilines is 3.